The zero-order chi connectivity index (χ0) is 21.6. The van der Waals surface area contributed by atoms with Gasteiger partial charge in [0.25, 0.3) is 0 Å². The van der Waals surface area contributed by atoms with Crippen molar-refractivity contribution in [2.24, 2.45) is 0 Å². The van der Waals surface area contributed by atoms with Crippen LogP contribution in [0.15, 0.2) is 53.2 Å². The molecule has 0 saturated heterocycles. The molecule has 0 radical (unpaired) electrons. The molecule has 0 bridgehead atoms. The molecule has 4 aromatic rings. The van der Waals surface area contributed by atoms with Crippen LogP contribution in [0.4, 0.5) is 27.6 Å². The van der Waals surface area contributed by atoms with Crippen LogP contribution >= 0.6 is 11.6 Å². The Morgan fingerprint density at radius 3 is 2.37 bits per heavy atom. The van der Waals surface area contributed by atoms with Gasteiger partial charge in [-0.3, -0.25) is 0 Å². The van der Waals surface area contributed by atoms with E-state index < -0.39 is 34.8 Å². The van der Waals surface area contributed by atoms with E-state index in [9.17, 15) is 22.0 Å². The molecule has 0 aliphatic heterocycles. The molecule has 0 spiro atoms. The molecular formula is C19H10ClF5N4O. The highest BCUT2D eigenvalue weighted by molar-refractivity contribution is 6.33. The first-order valence-electron chi connectivity index (χ1n) is 8.29. The number of hydrogen-bond acceptors (Lipinski definition) is 4. The summed E-state index contributed by atoms with van der Waals surface area (Å²) in [6.45, 7) is 0. The van der Waals surface area contributed by atoms with E-state index in [0.29, 0.717) is 4.68 Å². The molecule has 0 saturated carbocycles. The lowest BCUT2D eigenvalue weighted by Gasteiger charge is -2.12. The largest absolute Gasteiger partial charge is 0.434 e. The molecule has 0 fully saturated rings. The quantitative estimate of drug-likeness (QED) is 0.413. The Morgan fingerprint density at radius 2 is 1.73 bits per heavy atom. The summed E-state index contributed by atoms with van der Waals surface area (Å²) < 4.78 is 74.6. The van der Waals surface area contributed by atoms with Gasteiger partial charge in [0.05, 0.1) is 28.0 Å². The molecule has 30 heavy (non-hydrogen) atoms. The van der Waals surface area contributed by atoms with Gasteiger partial charge in [0.15, 0.2) is 11.5 Å². The zero-order valence-electron chi connectivity index (χ0n) is 14.7. The summed E-state index contributed by atoms with van der Waals surface area (Å²) in [5, 5.41) is 7.33. The number of nitrogen functional groups attached to an aromatic ring is 1. The van der Waals surface area contributed by atoms with Crippen molar-refractivity contribution >= 4 is 17.3 Å². The lowest BCUT2D eigenvalue weighted by atomic mass is 10.1. The van der Waals surface area contributed by atoms with Gasteiger partial charge in [-0.1, -0.05) is 22.8 Å². The zero-order valence-corrected chi connectivity index (χ0v) is 15.5. The summed E-state index contributed by atoms with van der Waals surface area (Å²) in [6, 6.07) is 8.10. The molecule has 0 aliphatic rings. The first-order chi connectivity index (χ1) is 14.2. The summed E-state index contributed by atoms with van der Waals surface area (Å²) in [7, 11) is 0. The smallest absolute Gasteiger partial charge is 0.394 e. The minimum absolute atomic E-state index is 0.0366. The maximum absolute atomic E-state index is 14.2. The standard InChI is InChI=1S/C19H10ClF5N4O/c20-12-2-1-3-13(22)14(12)16-15(26)17(30-28-16)11-8-27-29(18(11)19(23,24)25)10-6-4-9(21)5-7-10/h1-8H,26H2. The van der Waals surface area contributed by atoms with Crippen molar-refractivity contribution < 1.29 is 26.5 Å². The topological polar surface area (TPSA) is 69.9 Å². The minimum Gasteiger partial charge on any atom is -0.394 e. The number of nitrogens with zero attached hydrogens (tertiary/aromatic N) is 3. The second kappa shape index (κ2) is 7.13. The molecule has 0 unspecified atom stereocenters. The van der Waals surface area contributed by atoms with E-state index in [4.69, 9.17) is 21.9 Å². The van der Waals surface area contributed by atoms with Crippen molar-refractivity contribution in [3.63, 3.8) is 0 Å². The van der Waals surface area contributed by atoms with Crippen molar-refractivity contribution in [3.05, 3.63) is 71.0 Å². The van der Waals surface area contributed by atoms with Gasteiger partial charge in [0.1, 0.15) is 23.0 Å². The van der Waals surface area contributed by atoms with Crippen molar-refractivity contribution in [3.8, 4) is 28.3 Å². The van der Waals surface area contributed by atoms with E-state index in [0.717, 1.165) is 36.5 Å². The van der Waals surface area contributed by atoms with Crippen LogP contribution in [0.3, 0.4) is 0 Å². The number of rotatable bonds is 3. The molecule has 154 valence electrons. The third kappa shape index (κ3) is 3.28. The molecule has 0 atom stereocenters. The van der Waals surface area contributed by atoms with Gasteiger partial charge in [-0.15, -0.1) is 0 Å². The maximum Gasteiger partial charge on any atom is 0.434 e. The number of aromatic nitrogens is 3. The Bertz CT molecular complexity index is 1210. The van der Waals surface area contributed by atoms with E-state index in [-0.39, 0.29) is 27.7 Å². The fraction of sp³-hybridized carbons (Fsp3) is 0.0526. The highest BCUT2D eigenvalue weighted by Crippen LogP contribution is 2.43. The normalized spacial score (nSPS) is 11.8. The highest BCUT2D eigenvalue weighted by Gasteiger charge is 2.41. The average Bonchev–Trinajstić information content (AvgIpc) is 3.26. The van der Waals surface area contributed by atoms with Crippen molar-refractivity contribution in [2.45, 2.75) is 6.18 Å². The van der Waals surface area contributed by atoms with Crippen LogP contribution in [-0.4, -0.2) is 14.9 Å². The van der Waals surface area contributed by atoms with Gasteiger partial charge >= 0.3 is 6.18 Å². The predicted molar refractivity (Wildman–Crippen MR) is 98.8 cm³/mol. The van der Waals surface area contributed by atoms with Crippen LogP contribution in [0.1, 0.15) is 5.69 Å². The van der Waals surface area contributed by atoms with Gasteiger partial charge in [-0.25, -0.2) is 13.5 Å². The summed E-state index contributed by atoms with van der Waals surface area (Å²) >= 11 is 5.99. The van der Waals surface area contributed by atoms with E-state index in [1.165, 1.54) is 12.1 Å². The Labute approximate surface area is 170 Å². The maximum atomic E-state index is 14.2. The average molecular weight is 441 g/mol. The summed E-state index contributed by atoms with van der Waals surface area (Å²) in [5.41, 5.74) is 3.39. The molecule has 4 rings (SSSR count). The van der Waals surface area contributed by atoms with Crippen LogP contribution in [0, 0.1) is 11.6 Å². The minimum atomic E-state index is -4.88. The van der Waals surface area contributed by atoms with Gasteiger partial charge in [-0.05, 0) is 36.4 Å². The molecule has 0 amide bonds. The van der Waals surface area contributed by atoms with Crippen molar-refractivity contribution in [1.82, 2.24) is 14.9 Å². The van der Waals surface area contributed by atoms with Gasteiger partial charge in [-0.2, -0.15) is 18.3 Å². The van der Waals surface area contributed by atoms with Gasteiger partial charge in [0, 0.05) is 0 Å². The Hall–Kier alpha value is -3.40. The van der Waals surface area contributed by atoms with E-state index >= 15 is 0 Å². The summed E-state index contributed by atoms with van der Waals surface area (Å²) in [5.74, 6) is -1.84. The van der Waals surface area contributed by atoms with Crippen LogP contribution in [0.5, 0.6) is 0 Å². The Kier molecular flexibility index (Phi) is 4.73. The predicted octanol–water partition coefficient (Wildman–Crippen LogP) is 5.73. The molecule has 2 heterocycles. The number of anilines is 1. The molecule has 5 nitrogen and oxygen atoms in total. The molecule has 11 heteroatoms. The molecule has 2 aromatic carbocycles. The Balaban J connectivity index is 1.90. The third-order valence-corrected chi connectivity index (χ3v) is 4.60. The van der Waals surface area contributed by atoms with Crippen LogP contribution < -0.4 is 5.73 Å². The number of benzene rings is 2. The van der Waals surface area contributed by atoms with E-state index in [2.05, 4.69) is 10.3 Å². The van der Waals surface area contributed by atoms with Crippen LogP contribution in [0.25, 0.3) is 28.3 Å². The van der Waals surface area contributed by atoms with Crippen molar-refractivity contribution in [2.75, 3.05) is 5.73 Å². The van der Waals surface area contributed by atoms with Crippen LogP contribution in [0.2, 0.25) is 5.02 Å². The monoisotopic (exact) mass is 440 g/mol. The number of hydrogen-bond donors (Lipinski definition) is 1. The molecular weight excluding hydrogens is 431 g/mol. The second-order valence-electron chi connectivity index (χ2n) is 6.16. The lowest BCUT2D eigenvalue weighted by Crippen LogP contribution is -2.14. The fourth-order valence-electron chi connectivity index (χ4n) is 2.96. The molecule has 2 N–H and O–H groups in total. The second-order valence-corrected chi connectivity index (χ2v) is 6.57. The molecule has 0 aliphatic carbocycles. The fourth-order valence-corrected chi connectivity index (χ4v) is 3.21. The van der Waals surface area contributed by atoms with Gasteiger partial charge in [0.2, 0.25) is 0 Å². The first-order valence-corrected chi connectivity index (χ1v) is 8.67. The number of alkyl halides is 3. The number of halogens is 6. The Morgan fingerprint density at radius 1 is 1.03 bits per heavy atom. The van der Waals surface area contributed by atoms with E-state index in [1.807, 2.05) is 0 Å². The summed E-state index contributed by atoms with van der Waals surface area (Å²) in [6.07, 6.45) is -3.99. The van der Waals surface area contributed by atoms with Crippen molar-refractivity contribution in [1.29, 1.82) is 0 Å². The summed E-state index contributed by atoms with van der Waals surface area (Å²) in [4.78, 5) is 0. The first kappa shape index (κ1) is 19.9. The van der Waals surface area contributed by atoms with Crippen LogP contribution in [-0.2, 0) is 6.18 Å². The third-order valence-electron chi connectivity index (χ3n) is 4.28. The SMILES string of the molecule is Nc1c(-c2c(F)cccc2Cl)noc1-c1cnn(-c2ccc(F)cc2)c1C(F)(F)F. The van der Waals surface area contributed by atoms with Gasteiger partial charge < -0.3 is 10.3 Å². The lowest BCUT2D eigenvalue weighted by molar-refractivity contribution is -0.142. The molecule has 2 aromatic heterocycles. The number of nitrogens with two attached hydrogens (primary N) is 1. The van der Waals surface area contributed by atoms with E-state index in [1.54, 1.807) is 0 Å². The highest BCUT2D eigenvalue weighted by atomic mass is 35.5.